The van der Waals surface area contributed by atoms with Crippen molar-refractivity contribution in [1.29, 1.82) is 5.26 Å². The first-order chi connectivity index (χ1) is 8.99. The Labute approximate surface area is 109 Å². The first-order valence-corrected chi connectivity index (χ1v) is 5.64. The van der Waals surface area contributed by atoms with Gasteiger partial charge in [0.2, 0.25) is 11.7 Å². The number of carbonyl (C=O) groups excluding carboxylic acids is 1. The van der Waals surface area contributed by atoms with E-state index in [1.807, 2.05) is 13.0 Å². The van der Waals surface area contributed by atoms with Crippen LogP contribution in [0.4, 0.5) is 15.8 Å². The second kappa shape index (κ2) is 6.44. The zero-order valence-corrected chi connectivity index (χ0v) is 10.2. The van der Waals surface area contributed by atoms with Crippen LogP contribution in [0.1, 0.15) is 19.8 Å². The number of rotatable bonds is 5. The summed E-state index contributed by atoms with van der Waals surface area (Å²) in [7, 11) is 0. The van der Waals surface area contributed by atoms with Crippen LogP contribution >= 0.6 is 0 Å². The lowest BCUT2D eigenvalue weighted by Gasteiger charge is -2.09. The first-order valence-electron chi connectivity index (χ1n) is 5.64. The Morgan fingerprint density at radius 2 is 2.32 bits per heavy atom. The Morgan fingerprint density at radius 1 is 1.63 bits per heavy atom. The van der Waals surface area contributed by atoms with E-state index >= 15 is 0 Å². The fourth-order valence-electron chi connectivity index (χ4n) is 1.51. The molecular formula is C12H12FN3O3. The van der Waals surface area contributed by atoms with Gasteiger partial charge in [0.15, 0.2) is 0 Å². The van der Waals surface area contributed by atoms with Crippen molar-refractivity contribution < 1.29 is 14.1 Å². The van der Waals surface area contributed by atoms with E-state index in [1.54, 1.807) is 0 Å². The standard InChI is InChI=1S/C12H12FN3O3/c1-2-3-8(7-14)12(17)15-9-4-5-11(16(18)19)10(13)6-9/h4-6,8H,2-3H2,1H3,(H,15,17). The zero-order valence-electron chi connectivity index (χ0n) is 10.2. The molecule has 1 N–H and O–H groups in total. The Hall–Kier alpha value is -2.49. The quantitative estimate of drug-likeness (QED) is 0.653. The molecule has 0 aromatic heterocycles. The van der Waals surface area contributed by atoms with Gasteiger partial charge in [0.05, 0.1) is 11.0 Å². The summed E-state index contributed by atoms with van der Waals surface area (Å²) in [5.41, 5.74) is -0.576. The molecule has 1 atom stereocenters. The zero-order chi connectivity index (χ0) is 14.4. The number of nitriles is 1. The fraction of sp³-hybridized carbons (Fsp3) is 0.333. The number of carbonyl (C=O) groups is 1. The van der Waals surface area contributed by atoms with Crippen molar-refractivity contribution in [2.24, 2.45) is 5.92 Å². The number of hydrogen-bond donors (Lipinski definition) is 1. The summed E-state index contributed by atoms with van der Waals surface area (Å²) in [5, 5.41) is 21.6. The van der Waals surface area contributed by atoms with E-state index in [0.29, 0.717) is 12.8 Å². The average Bonchev–Trinajstić information content (AvgIpc) is 2.35. The third-order valence-corrected chi connectivity index (χ3v) is 2.46. The molecule has 0 spiro atoms. The molecule has 7 heteroatoms. The van der Waals surface area contributed by atoms with Crippen molar-refractivity contribution in [2.45, 2.75) is 19.8 Å². The minimum absolute atomic E-state index is 0.0875. The van der Waals surface area contributed by atoms with Gasteiger partial charge in [-0.25, -0.2) is 0 Å². The number of anilines is 1. The van der Waals surface area contributed by atoms with Gasteiger partial charge in [0, 0.05) is 17.8 Å². The van der Waals surface area contributed by atoms with Crippen molar-refractivity contribution >= 4 is 17.3 Å². The maximum Gasteiger partial charge on any atom is 0.304 e. The van der Waals surface area contributed by atoms with Gasteiger partial charge in [-0.1, -0.05) is 13.3 Å². The van der Waals surface area contributed by atoms with Crippen molar-refractivity contribution in [3.8, 4) is 6.07 Å². The number of benzene rings is 1. The number of amides is 1. The Bertz CT molecular complexity index is 540. The van der Waals surface area contributed by atoms with E-state index in [-0.39, 0.29) is 5.69 Å². The molecule has 1 rings (SSSR count). The van der Waals surface area contributed by atoms with Crippen LogP contribution in [0.5, 0.6) is 0 Å². The van der Waals surface area contributed by atoms with Gasteiger partial charge in [-0.05, 0) is 12.5 Å². The molecule has 0 aliphatic heterocycles. The molecule has 1 unspecified atom stereocenters. The highest BCUT2D eigenvalue weighted by Crippen LogP contribution is 2.21. The van der Waals surface area contributed by atoms with Gasteiger partial charge in [-0.15, -0.1) is 0 Å². The third kappa shape index (κ3) is 3.74. The van der Waals surface area contributed by atoms with Crippen LogP contribution in [-0.2, 0) is 4.79 Å². The molecule has 0 aliphatic rings. The number of nitro benzene ring substituents is 1. The van der Waals surface area contributed by atoms with Gasteiger partial charge in [-0.2, -0.15) is 9.65 Å². The van der Waals surface area contributed by atoms with E-state index in [4.69, 9.17) is 5.26 Å². The monoisotopic (exact) mass is 265 g/mol. The summed E-state index contributed by atoms with van der Waals surface area (Å²) < 4.78 is 13.3. The molecular weight excluding hydrogens is 253 g/mol. The normalized spacial score (nSPS) is 11.4. The minimum atomic E-state index is -1.04. The molecule has 1 aromatic rings. The summed E-state index contributed by atoms with van der Waals surface area (Å²) in [6.45, 7) is 1.84. The molecule has 0 aliphatic carbocycles. The Morgan fingerprint density at radius 3 is 2.79 bits per heavy atom. The number of nitrogens with one attached hydrogen (secondary N) is 1. The lowest BCUT2D eigenvalue weighted by Crippen LogP contribution is -2.21. The third-order valence-electron chi connectivity index (χ3n) is 2.46. The molecule has 0 bridgehead atoms. The maximum atomic E-state index is 13.3. The molecule has 0 saturated heterocycles. The number of hydrogen-bond acceptors (Lipinski definition) is 4. The molecule has 100 valence electrons. The summed E-state index contributed by atoms with van der Waals surface area (Å²) >= 11 is 0. The maximum absolute atomic E-state index is 13.3. The van der Waals surface area contributed by atoms with Gasteiger partial charge < -0.3 is 5.32 Å². The van der Waals surface area contributed by atoms with E-state index in [2.05, 4.69) is 5.32 Å². The predicted molar refractivity (Wildman–Crippen MR) is 65.7 cm³/mol. The van der Waals surface area contributed by atoms with Crippen molar-refractivity contribution in [1.82, 2.24) is 0 Å². The van der Waals surface area contributed by atoms with Crippen molar-refractivity contribution in [3.63, 3.8) is 0 Å². The van der Waals surface area contributed by atoms with Gasteiger partial charge in [0.25, 0.3) is 0 Å². The van der Waals surface area contributed by atoms with Crippen LogP contribution in [0.15, 0.2) is 18.2 Å². The lowest BCUT2D eigenvalue weighted by molar-refractivity contribution is -0.387. The highest BCUT2D eigenvalue weighted by molar-refractivity contribution is 5.94. The van der Waals surface area contributed by atoms with Crippen LogP contribution in [0.3, 0.4) is 0 Å². The topological polar surface area (TPSA) is 96.0 Å². The SMILES string of the molecule is CCCC(C#N)C(=O)Nc1ccc([N+](=O)[O-])c(F)c1. The predicted octanol–water partition coefficient (Wildman–Crippen LogP) is 2.61. The van der Waals surface area contributed by atoms with Crippen LogP contribution in [0.2, 0.25) is 0 Å². The molecule has 1 aromatic carbocycles. The second-order valence-electron chi connectivity index (χ2n) is 3.88. The van der Waals surface area contributed by atoms with Gasteiger partial charge in [0.1, 0.15) is 5.92 Å². The molecule has 0 heterocycles. The molecule has 0 saturated carbocycles. The number of nitrogens with zero attached hydrogens (tertiary/aromatic N) is 2. The highest BCUT2D eigenvalue weighted by atomic mass is 19.1. The van der Waals surface area contributed by atoms with Crippen LogP contribution in [-0.4, -0.2) is 10.8 Å². The Kier molecular flexibility index (Phi) is 4.94. The highest BCUT2D eigenvalue weighted by Gasteiger charge is 2.19. The van der Waals surface area contributed by atoms with Gasteiger partial charge >= 0.3 is 5.69 Å². The number of halogens is 1. The van der Waals surface area contributed by atoms with Crippen molar-refractivity contribution in [3.05, 3.63) is 34.1 Å². The molecule has 1 amide bonds. The summed E-state index contributed by atoms with van der Waals surface area (Å²) in [6.07, 6.45) is 1.07. The van der Waals surface area contributed by atoms with Crippen molar-refractivity contribution in [2.75, 3.05) is 5.32 Å². The van der Waals surface area contributed by atoms with E-state index < -0.39 is 28.3 Å². The van der Waals surface area contributed by atoms with E-state index in [9.17, 15) is 19.3 Å². The minimum Gasteiger partial charge on any atom is -0.325 e. The fourth-order valence-corrected chi connectivity index (χ4v) is 1.51. The van der Waals surface area contributed by atoms with Crippen LogP contribution in [0, 0.1) is 33.2 Å². The van der Waals surface area contributed by atoms with E-state index in [0.717, 1.165) is 12.1 Å². The molecule has 0 fully saturated rings. The summed E-state index contributed by atoms with van der Waals surface area (Å²) in [5.74, 6) is -2.40. The lowest BCUT2D eigenvalue weighted by atomic mass is 10.0. The van der Waals surface area contributed by atoms with E-state index in [1.165, 1.54) is 6.07 Å². The molecule has 19 heavy (non-hydrogen) atoms. The van der Waals surface area contributed by atoms with Gasteiger partial charge in [-0.3, -0.25) is 14.9 Å². The largest absolute Gasteiger partial charge is 0.325 e. The smallest absolute Gasteiger partial charge is 0.304 e. The molecule has 0 radical (unpaired) electrons. The Balaban J connectivity index is 2.84. The average molecular weight is 265 g/mol. The van der Waals surface area contributed by atoms with Crippen LogP contribution in [0.25, 0.3) is 0 Å². The van der Waals surface area contributed by atoms with Crippen LogP contribution < -0.4 is 5.32 Å². The summed E-state index contributed by atoms with van der Waals surface area (Å²) in [6, 6.07) is 4.90. The second-order valence-corrected chi connectivity index (χ2v) is 3.88. The number of nitro groups is 1. The summed E-state index contributed by atoms with van der Waals surface area (Å²) in [4.78, 5) is 21.3. The first kappa shape index (κ1) is 14.6. The molecule has 6 nitrogen and oxygen atoms in total.